The number of aromatic nitrogens is 1. The van der Waals surface area contributed by atoms with E-state index in [0.717, 1.165) is 42.3 Å². The number of likely N-dealkylation sites (N-methyl/N-ethyl adjacent to an activating group) is 1. The number of hydrogen-bond acceptors (Lipinski definition) is 5. The average molecular weight is 475 g/mol. The first-order chi connectivity index (χ1) is 16.6. The standard InChI is InChI=1S/C27H30N4O2S/c1-2-30-25(32)27(31(26(30)33)16-13-21-9-5-3-6-10-21)14-17-29(18-15-27)19-24-28-23(20-34-24)22-11-7-4-8-12-22/h3-12,20H,2,13-19H2,1H3. The molecule has 0 saturated carbocycles. The molecule has 3 aromatic rings. The van der Waals surface area contributed by atoms with Crippen LogP contribution < -0.4 is 0 Å². The van der Waals surface area contributed by atoms with Crippen LogP contribution in [0.5, 0.6) is 0 Å². The molecule has 0 unspecified atom stereocenters. The summed E-state index contributed by atoms with van der Waals surface area (Å²) in [5, 5.41) is 3.19. The highest BCUT2D eigenvalue weighted by molar-refractivity contribution is 7.09. The van der Waals surface area contributed by atoms with Gasteiger partial charge in [-0.2, -0.15) is 0 Å². The molecule has 3 heterocycles. The zero-order chi connectivity index (χ0) is 23.5. The van der Waals surface area contributed by atoms with Crippen molar-refractivity contribution >= 4 is 23.3 Å². The van der Waals surface area contributed by atoms with Gasteiger partial charge in [0, 0.05) is 37.1 Å². The third-order valence-corrected chi connectivity index (χ3v) is 7.90. The predicted molar refractivity (Wildman–Crippen MR) is 134 cm³/mol. The van der Waals surface area contributed by atoms with Crippen molar-refractivity contribution < 1.29 is 9.59 Å². The summed E-state index contributed by atoms with van der Waals surface area (Å²) in [6, 6.07) is 20.3. The Bertz CT molecular complexity index is 1140. The molecule has 1 aromatic heterocycles. The van der Waals surface area contributed by atoms with Crippen molar-refractivity contribution in [3.8, 4) is 11.3 Å². The lowest BCUT2D eigenvalue weighted by molar-refractivity contribution is -0.135. The summed E-state index contributed by atoms with van der Waals surface area (Å²) in [4.78, 5) is 37.1. The molecule has 34 heavy (non-hydrogen) atoms. The number of likely N-dealkylation sites (tertiary alicyclic amines) is 1. The summed E-state index contributed by atoms with van der Waals surface area (Å²) in [6.07, 6.45) is 2.09. The quantitative estimate of drug-likeness (QED) is 0.467. The van der Waals surface area contributed by atoms with Gasteiger partial charge in [-0.1, -0.05) is 60.7 Å². The van der Waals surface area contributed by atoms with Crippen LogP contribution in [0.1, 0.15) is 30.3 Å². The van der Waals surface area contributed by atoms with Crippen molar-refractivity contribution in [3.05, 3.63) is 76.6 Å². The summed E-state index contributed by atoms with van der Waals surface area (Å²) in [6.45, 7) is 5.20. The lowest BCUT2D eigenvalue weighted by Crippen LogP contribution is -2.56. The molecular formula is C27H30N4O2S. The topological polar surface area (TPSA) is 56.8 Å². The van der Waals surface area contributed by atoms with Gasteiger partial charge in [-0.25, -0.2) is 9.78 Å². The van der Waals surface area contributed by atoms with Gasteiger partial charge in [0.05, 0.1) is 12.2 Å². The van der Waals surface area contributed by atoms with Crippen molar-refractivity contribution in [2.45, 2.75) is 38.3 Å². The van der Waals surface area contributed by atoms with Gasteiger partial charge in [-0.3, -0.25) is 14.6 Å². The van der Waals surface area contributed by atoms with E-state index in [1.54, 1.807) is 11.3 Å². The van der Waals surface area contributed by atoms with E-state index in [9.17, 15) is 9.59 Å². The van der Waals surface area contributed by atoms with Gasteiger partial charge in [0.2, 0.25) is 0 Å². The Morgan fingerprint density at radius 1 is 0.971 bits per heavy atom. The van der Waals surface area contributed by atoms with Crippen molar-refractivity contribution in [2.75, 3.05) is 26.2 Å². The molecular weight excluding hydrogens is 444 g/mol. The maximum Gasteiger partial charge on any atom is 0.327 e. The van der Waals surface area contributed by atoms with Gasteiger partial charge in [-0.15, -0.1) is 11.3 Å². The van der Waals surface area contributed by atoms with Gasteiger partial charge < -0.3 is 4.90 Å². The SMILES string of the molecule is CCN1C(=O)N(CCc2ccccc2)C2(CCN(Cc3nc(-c4ccccc4)cs3)CC2)C1=O. The van der Waals surface area contributed by atoms with Crippen LogP contribution in [-0.4, -0.2) is 63.3 Å². The minimum atomic E-state index is -0.712. The fourth-order valence-corrected chi connectivity index (χ4v) is 5.98. The number of nitrogens with zero attached hydrogens (tertiary/aromatic N) is 4. The first-order valence-electron chi connectivity index (χ1n) is 12.0. The van der Waals surface area contributed by atoms with Crippen LogP contribution in [0.2, 0.25) is 0 Å². The number of piperidine rings is 1. The Kier molecular flexibility index (Phi) is 6.48. The van der Waals surface area contributed by atoms with E-state index in [1.165, 1.54) is 10.5 Å². The summed E-state index contributed by atoms with van der Waals surface area (Å²) < 4.78 is 0. The number of benzene rings is 2. The summed E-state index contributed by atoms with van der Waals surface area (Å²) in [5.41, 5.74) is 2.61. The number of rotatable bonds is 7. The number of thiazole rings is 1. The molecule has 3 amide bonds. The number of hydrogen-bond donors (Lipinski definition) is 0. The van der Waals surface area contributed by atoms with E-state index in [2.05, 4.69) is 34.5 Å². The van der Waals surface area contributed by atoms with Gasteiger partial charge >= 0.3 is 6.03 Å². The maximum absolute atomic E-state index is 13.4. The Morgan fingerprint density at radius 2 is 1.65 bits per heavy atom. The Labute approximate surface area is 204 Å². The molecule has 2 saturated heterocycles. The van der Waals surface area contributed by atoms with E-state index in [4.69, 9.17) is 4.98 Å². The van der Waals surface area contributed by atoms with Crippen LogP contribution in [0.3, 0.4) is 0 Å². The number of carbonyl (C=O) groups excluding carboxylic acids is 2. The molecule has 5 rings (SSSR count). The third-order valence-electron chi connectivity index (χ3n) is 7.07. The number of urea groups is 1. The molecule has 2 aromatic carbocycles. The second-order valence-electron chi connectivity index (χ2n) is 9.02. The number of amides is 3. The van der Waals surface area contributed by atoms with Crippen molar-refractivity contribution in [3.63, 3.8) is 0 Å². The molecule has 2 fully saturated rings. The summed E-state index contributed by atoms with van der Waals surface area (Å²) in [5.74, 6) is -0.0201. The summed E-state index contributed by atoms with van der Waals surface area (Å²) >= 11 is 1.68. The Hall–Kier alpha value is -3.03. The molecule has 176 valence electrons. The molecule has 2 aliphatic heterocycles. The van der Waals surface area contributed by atoms with Crippen LogP contribution in [0, 0.1) is 0 Å². The van der Waals surface area contributed by atoms with Crippen LogP contribution >= 0.6 is 11.3 Å². The molecule has 0 aliphatic carbocycles. The smallest absolute Gasteiger partial charge is 0.309 e. The maximum atomic E-state index is 13.4. The highest BCUT2D eigenvalue weighted by Gasteiger charge is 2.57. The molecule has 0 radical (unpaired) electrons. The largest absolute Gasteiger partial charge is 0.327 e. The molecule has 1 spiro atoms. The van der Waals surface area contributed by atoms with E-state index in [1.807, 2.05) is 48.2 Å². The van der Waals surface area contributed by atoms with Gasteiger partial charge in [0.1, 0.15) is 10.5 Å². The monoisotopic (exact) mass is 474 g/mol. The van der Waals surface area contributed by atoms with Crippen molar-refractivity contribution in [1.82, 2.24) is 19.7 Å². The van der Waals surface area contributed by atoms with Crippen LogP contribution in [0.4, 0.5) is 4.79 Å². The molecule has 7 heteroatoms. The van der Waals surface area contributed by atoms with Gasteiger partial charge in [-0.05, 0) is 31.7 Å². The third kappa shape index (κ3) is 4.26. The molecule has 0 atom stereocenters. The first kappa shape index (κ1) is 22.7. The molecule has 0 N–H and O–H groups in total. The van der Waals surface area contributed by atoms with E-state index in [0.29, 0.717) is 25.9 Å². The Balaban J connectivity index is 1.27. The van der Waals surface area contributed by atoms with Crippen LogP contribution in [0.15, 0.2) is 66.0 Å². The van der Waals surface area contributed by atoms with E-state index in [-0.39, 0.29) is 11.9 Å². The predicted octanol–water partition coefficient (Wildman–Crippen LogP) is 4.67. The number of carbonyl (C=O) groups is 2. The van der Waals surface area contributed by atoms with Crippen LogP contribution in [-0.2, 0) is 17.8 Å². The highest BCUT2D eigenvalue weighted by atomic mass is 32.1. The van der Waals surface area contributed by atoms with Crippen LogP contribution in [0.25, 0.3) is 11.3 Å². The zero-order valence-electron chi connectivity index (χ0n) is 19.5. The minimum absolute atomic E-state index is 0.0201. The lowest BCUT2D eigenvalue weighted by atomic mass is 9.85. The summed E-state index contributed by atoms with van der Waals surface area (Å²) in [7, 11) is 0. The van der Waals surface area contributed by atoms with Gasteiger partial charge in [0.25, 0.3) is 5.91 Å². The lowest BCUT2D eigenvalue weighted by Gasteiger charge is -2.42. The normalized spacial score (nSPS) is 18.3. The second kappa shape index (κ2) is 9.68. The second-order valence-corrected chi connectivity index (χ2v) is 9.96. The molecule has 0 bridgehead atoms. The fourth-order valence-electron chi connectivity index (χ4n) is 5.14. The van der Waals surface area contributed by atoms with E-state index < -0.39 is 5.54 Å². The zero-order valence-corrected chi connectivity index (χ0v) is 20.3. The van der Waals surface area contributed by atoms with Gasteiger partial charge in [0.15, 0.2) is 0 Å². The fraction of sp³-hybridized carbons (Fsp3) is 0.370. The van der Waals surface area contributed by atoms with E-state index >= 15 is 0 Å². The molecule has 6 nitrogen and oxygen atoms in total. The molecule has 2 aliphatic rings. The Morgan fingerprint density at radius 3 is 2.32 bits per heavy atom. The first-order valence-corrected chi connectivity index (χ1v) is 12.9. The number of imide groups is 1. The average Bonchev–Trinajstić information content (AvgIpc) is 3.42. The minimum Gasteiger partial charge on any atom is -0.309 e. The highest BCUT2D eigenvalue weighted by Crippen LogP contribution is 2.38. The van der Waals surface area contributed by atoms with Crippen molar-refractivity contribution in [1.29, 1.82) is 0 Å². The van der Waals surface area contributed by atoms with Crippen molar-refractivity contribution in [2.24, 2.45) is 0 Å².